The van der Waals surface area contributed by atoms with E-state index in [9.17, 15) is 4.79 Å². The molecule has 1 aromatic heterocycles. The van der Waals surface area contributed by atoms with Crippen LogP contribution in [-0.4, -0.2) is 5.78 Å². The number of hydrogen-bond acceptors (Lipinski definition) is 3. The fourth-order valence-corrected chi connectivity index (χ4v) is 5.79. The van der Waals surface area contributed by atoms with Crippen LogP contribution in [0.3, 0.4) is 0 Å². The van der Waals surface area contributed by atoms with Gasteiger partial charge in [-0.3, -0.25) is 4.79 Å². The van der Waals surface area contributed by atoms with Crippen molar-refractivity contribution in [3.8, 4) is 11.1 Å². The fourth-order valence-electron chi connectivity index (χ4n) is 5.32. The number of fused-ring (bicyclic) bond motifs is 3. The van der Waals surface area contributed by atoms with Crippen molar-refractivity contribution < 1.29 is 9.21 Å². The Hall–Kier alpha value is -4.93. The second kappa shape index (κ2) is 10.6. The van der Waals surface area contributed by atoms with E-state index in [-0.39, 0.29) is 5.78 Å². The zero-order chi connectivity index (χ0) is 27.8. The van der Waals surface area contributed by atoms with E-state index in [2.05, 4.69) is 81.5 Å². The van der Waals surface area contributed by atoms with E-state index in [4.69, 9.17) is 4.42 Å². The Kier molecular flexibility index (Phi) is 6.46. The quantitative estimate of drug-likeness (QED) is 0.180. The van der Waals surface area contributed by atoms with Gasteiger partial charge in [0.15, 0.2) is 5.78 Å². The van der Waals surface area contributed by atoms with Crippen molar-refractivity contribution in [2.75, 3.05) is 4.90 Å². The number of carbonyl (C=O) groups is 1. The van der Waals surface area contributed by atoms with Crippen molar-refractivity contribution in [2.45, 2.75) is 0 Å². The number of benzene rings is 6. The van der Waals surface area contributed by atoms with E-state index in [1.165, 1.54) is 0 Å². The second-order valence-electron chi connectivity index (χ2n) is 9.89. The summed E-state index contributed by atoms with van der Waals surface area (Å²) in [7, 11) is 0. The van der Waals surface area contributed by atoms with Crippen molar-refractivity contribution >= 4 is 60.7 Å². The molecule has 41 heavy (non-hydrogen) atoms. The molecular weight excluding hydrogens is 570 g/mol. The molecule has 0 radical (unpaired) electrons. The maximum Gasteiger partial charge on any atom is 0.194 e. The molecule has 0 saturated heterocycles. The zero-order valence-corrected chi connectivity index (χ0v) is 23.6. The number of nitrogens with zero attached hydrogens (tertiary/aromatic N) is 1. The third-order valence-electron chi connectivity index (χ3n) is 7.34. The molecule has 0 unspecified atom stereocenters. The molecular formula is C37H24BrNO2. The van der Waals surface area contributed by atoms with Gasteiger partial charge < -0.3 is 9.32 Å². The molecule has 0 saturated carbocycles. The van der Waals surface area contributed by atoms with Crippen LogP contribution in [0.15, 0.2) is 154 Å². The first-order valence-corrected chi connectivity index (χ1v) is 14.2. The van der Waals surface area contributed by atoms with Crippen LogP contribution in [0.2, 0.25) is 0 Å². The van der Waals surface area contributed by atoms with Crippen LogP contribution in [0, 0.1) is 0 Å². The predicted octanol–water partition coefficient (Wildman–Crippen LogP) is 10.7. The minimum absolute atomic E-state index is 0.0357. The summed E-state index contributed by atoms with van der Waals surface area (Å²) in [4.78, 5) is 15.7. The molecule has 0 aliphatic rings. The van der Waals surface area contributed by atoms with Gasteiger partial charge in [0.1, 0.15) is 11.2 Å². The van der Waals surface area contributed by atoms with Crippen molar-refractivity contribution in [3.63, 3.8) is 0 Å². The van der Waals surface area contributed by atoms with E-state index < -0.39 is 0 Å². The lowest BCUT2D eigenvalue weighted by Gasteiger charge is -2.26. The highest BCUT2D eigenvalue weighted by atomic mass is 79.9. The van der Waals surface area contributed by atoms with Gasteiger partial charge in [-0.25, -0.2) is 0 Å². The first-order chi connectivity index (χ1) is 20.2. The molecule has 0 N–H and O–H groups in total. The average Bonchev–Trinajstić information content (AvgIpc) is 3.40. The van der Waals surface area contributed by atoms with Gasteiger partial charge in [-0.15, -0.1) is 0 Å². The van der Waals surface area contributed by atoms with Crippen molar-refractivity contribution in [1.82, 2.24) is 0 Å². The number of carbonyl (C=O) groups excluding carboxylic acids is 1. The van der Waals surface area contributed by atoms with Crippen LogP contribution < -0.4 is 4.90 Å². The molecule has 0 aliphatic carbocycles. The van der Waals surface area contributed by atoms with Gasteiger partial charge in [0.2, 0.25) is 0 Å². The molecule has 196 valence electrons. The highest BCUT2D eigenvalue weighted by Gasteiger charge is 2.18. The molecule has 1 heterocycles. The summed E-state index contributed by atoms with van der Waals surface area (Å²) < 4.78 is 7.02. The SMILES string of the molecule is O=C(c1cccc(N(c2ccc(-c3ccccc3)cc2)c2ccc3c(c2)oc2ccccc23)c1)c1ccccc1Br. The van der Waals surface area contributed by atoms with Gasteiger partial charge in [0.05, 0.1) is 0 Å². The standard InChI is InChI=1S/C37H24BrNO2/c38-34-15-6-4-14-33(34)37(40)27-11-8-12-29(23-27)39(28-19-17-26(18-20-28)25-9-2-1-3-10-25)30-21-22-32-31-13-5-7-16-35(31)41-36(32)24-30/h1-24H. The first kappa shape index (κ1) is 25.1. The van der Waals surface area contributed by atoms with Crippen LogP contribution in [0.1, 0.15) is 15.9 Å². The minimum atomic E-state index is -0.0357. The van der Waals surface area contributed by atoms with E-state index >= 15 is 0 Å². The van der Waals surface area contributed by atoms with Gasteiger partial charge in [0.25, 0.3) is 0 Å². The highest BCUT2D eigenvalue weighted by Crippen LogP contribution is 2.39. The summed E-state index contributed by atoms with van der Waals surface area (Å²) in [6.45, 7) is 0. The molecule has 0 fully saturated rings. The van der Waals surface area contributed by atoms with E-state index in [0.29, 0.717) is 11.1 Å². The zero-order valence-electron chi connectivity index (χ0n) is 22.0. The lowest BCUT2D eigenvalue weighted by Crippen LogP contribution is -2.11. The second-order valence-corrected chi connectivity index (χ2v) is 10.7. The average molecular weight is 595 g/mol. The van der Waals surface area contributed by atoms with Gasteiger partial charge in [-0.1, -0.05) is 101 Å². The molecule has 6 aromatic carbocycles. The van der Waals surface area contributed by atoms with Crippen LogP contribution in [-0.2, 0) is 0 Å². The van der Waals surface area contributed by atoms with Crippen LogP contribution in [0.5, 0.6) is 0 Å². The Morgan fingerprint density at radius 1 is 0.537 bits per heavy atom. The number of furan rings is 1. The van der Waals surface area contributed by atoms with Gasteiger partial charge in [0, 0.05) is 49.5 Å². The van der Waals surface area contributed by atoms with Crippen molar-refractivity contribution in [2.24, 2.45) is 0 Å². The molecule has 0 spiro atoms. The summed E-state index contributed by atoms with van der Waals surface area (Å²) >= 11 is 3.54. The molecule has 0 atom stereocenters. The molecule has 7 rings (SSSR count). The van der Waals surface area contributed by atoms with Crippen LogP contribution in [0.25, 0.3) is 33.1 Å². The summed E-state index contributed by atoms with van der Waals surface area (Å²) in [5.74, 6) is -0.0357. The maximum absolute atomic E-state index is 13.5. The lowest BCUT2D eigenvalue weighted by atomic mass is 10.0. The number of ketones is 1. The van der Waals surface area contributed by atoms with E-state index in [1.54, 1.807) is 0 Å². The largest absolute Gasteiger partial charge is 0.456 e. The molecule has 0 bridgehead atoms. The number of halogens is 1. The Labute approximate surface area is 246 Å². The smallest absolute Gasteiger partial charge is 0.194 e. The van der Waals surface area contributed by atoms with E-state index in [1.807, 2.05) is 84.9 Å². The predicted molar refractivity (Wildman–Crippen MR) is 171 cm³/mol. The third kappa shape index (κ3) is 4.73. The molecule has 3 nitrogen and oxygen atoms in total. The Bertz CT molecular complexity index is 2030. The fraction of sp³-hybridized carbons (Fsp3) is 0. The number of rotatable bonds is 6. The summed E-state index contributed by atoms with van der Waals surface area (Å²) in [5.41, 5.74) is 8.02. The maximum atomic E-state index is 13.5. The number of hydrogen-bond donors (Lipinski definition) is 0. The third-order valence-corrected chi connectivity index (χ3v) is 8.03. The lowest BCUT2D eigenvalue weighted by molar-refractivity contribution is 0.103. The van der Waals surface area contributed by atoms with Gasteiger partial charge >= 0.3 is 0 Å². The van der Waals surface area contributed by atoms with Crippen LogP contribution in [0.4, 0.5) is 17.1 Å². The molecule has 4 heteroatoms. The summed E-state index contributed by atoms with van der Waals surface area (Å²) in [5, 5.41) is 2.16. The van der Waals surface area contributed by atoms with Gasteiger partial charge in [-0.05, 0) is 65.7 Å². The van der Waals surface area contributed by atoms with Gasteiger partial charge in [-0.2, -0.15) is 0 Å². The highest BCUT2D eigenvalue weighted by molar-refractivity contribution is 9.10. The molecule has 0 aliphatic heterocycles. The Morgan fingerprint density at radius 2 is 1.20 bits per heavy atom. The first-order valence-electron chi connectivity index (χ1n) is 13.4. The van der Waals surface area contributed by atoms with E-state index in [0.717, 1.165) is 54.6 Å². The topological polar surface area (TPSA) is 33.5 Å². The van der Waals surface area contributed by atoms with Crippen molar-refractivity contribution in [1.29, 1.82) is 0 Å². The number of anilines is 3. The normalized spacial score (nSPS) is 11.1. The summed E-state index contributed by atoms with van der Waals surface area (Å²) in [6.07, 6.45) is 0. The van der Waals surface area contributed by atoms with Crippen LogP contribution >= 0.6 is 15.9 Å². The van der Waals surface area contributed by atoms with Crippen molar-refractivity contribution in [3.05, 3.63) is 161 Å². The molecule has 0 amide bonds. The Balaban J connectivity index is 1.36. The molecule has 7 aromatic rings. The monoisotopic (exact) mass is 593 g/mol. The Morgan fingerprint density at radius 3 is 2.02 bits per heavy atom. The minimum Gasteiger partial charge on any atom is -0.456 e. The summed E-state index contributed by atoms with van der Waals surface area (Å²) in [6, 6.07) is 48.5. The number of para-hydroxylation sites is 1.